The predicted octanol–water partition coefficient (Wildman–Crippen LogP) is 2.99. The van der Waals surface area contributed by atoms with Gasteiger partial charge in [-0.15, -0.1) is 0 Å². The first-order chi connectivity index (χ1) is 10.9. The van der Waals surface area contributed by atoms with Crippen molar-refractivity contribution in [2.75, 3.05) is 26.2 Å². The molecule has 3 rings (SSSR count). The maximum atomic E-state index is 13.3. The number of likely N-dealkylation sites (tertiary alicyclic amines) is 2. The lowest BCUT2D eigenvalue weighted by molar-refractivity contribution is 0.00327. The van der Waals surface area contributed by atoms with E-state index in [1.165, 1.54) is 0 Å². The standard InChI is InChI=1S/C16H20ClF2N3O/c1-11-9-20-14(17)8-13(11)15(23)21-5-2-12(3-6-21)22-7-4-16(18,19)10-22/h8-9,12H,2-7,10H2,1H3. The molecule has 1 aromatic heterocycles. The van der Waals surface area contributed by atoms with E-state index in [4.69, 9.17) is 11.6 Å². The third-order valence-electron chi connectivity index (χ3n) is 4.77. The number of pyridine rings is 1. The maximum absolute atomic E-state index is 13.3. The molecule has 2 aliphatic rings. The molecule has 3 heterocycles. The Morgan fingerprint density at radius 3 is 2.65 bits per heavy atom. The molecule has 0 aromatic carbocycles. The second-order valence-electron chi connectivity index (χ2n) is 6.42. The number of carbonyl (C=O) groups excluding carboxylic acids is 1. The van der Waals surface area contributed by atoms with Crippen LogP contribution in [0.25, 0.3) is 0 Å². The van der Waals surface area contributed by atoms with Crippen molar-refractivity contribution in [1.29, 1.82) is 0 Å². The fraction of sp³-hybridized carbons (Fsp3) is 0.625. The van der Waals surface area contributed by atoms with Gasteiger partial charge in [0.05, 0.1) is 6.54 Å². The lowest BCUT2D eigenvalue weighted by atomic mass is 10.0. The van der Waals surface area contributed by atoms with E-state index in [2.05, 4.69) is 4.98 Å². The lowest BCUT2D eigenvalue weighted by Gasteiger charge is -2.36. The van der Waals surface area contributed by atoms with Gasteiger partial charge < -0.3 is 4.90 Å². The van der Waals surface area contributed by atoms with E-state index in [-0.39, 0.29) is 24.9 Å². The minimum absolute atomic E-state index is 0.0547. The lowest BCUT2D eigenvalue weighted by Crippen LogP contribution is -2.46. The zero-order valence-electron chi connectivity index (χ0n) is 13.1. The molecule has 0 bridgehead atoms. The monoisotopic (exact) mass is 343 g/mol. The van der Waals surface area contributed by atoms with E-state index in [0.29, 0.717) is 30.4 Å². The van der Waals surface area contributed by atoms with Crippen LogP contribution in [0.3, 0.4) is 0 Å². The number of aromatic nitrogens is 1. The fourth-order valence-electron chi connectivity index (χ4n) is 3.41. The Hall–Kier alpha value is -1.27. The van der Waals surface area contributed by atoms with Gasteiger partial charge in [0.1, 0.15) is 5.15 Å². The number of carbonyl (C=O) groups is 1. The summed E-state index contributed by atoms with van der Waals surface area (Å²) in [5.41, 5.74) is 1.36. The summed E-state index contributed by atoms with van der Waals surface area (Å²) >= 11 is 5.88. The summed E-state index contributed by atoms with van der Waals surface area (Å²) in [5.74, 6) is -2.62. The van der Waals surface area contributed by atoms with E-state index < -0.39 is 5.92 Å². The van der Waals surface area contributed by atoms with Crippen LogP contribution in [-0.4, -0.2) is 58.8 Å². The minimum atomic E-state index is -2.56. The number of hydrogen-bond donors (Lipinski definition) is 0. The Labute approximate surface area is 139 Å². The first-order valence-corrected chi connectivity index (χ1v) is 8.27. The van der Waals surface area contributed by atoms with Crippen LogP contribution in [0.15, 0.2) is 12.3 Å². The van der Waals surface area contributed by atoms with Crippen molar-refractivity contribution in [2.45, 2.75) is 38.2 Å². The number of amides is 1. The summed E-state index contributed by atoms with van der Waals surface area (Å²) in [6.07, 6.45) is 3.01. The zero-order chi connectivity index (χ0) is 16.6. The van der Waals surface area contributed by atoms with Crippen LogP contribution < -0.4 is 0 Å². The van der Waals surface area contributed by atoms with Gasteiger partial charge >= 0.3 is 0 Å². The summed E-state index contributed by atoms with van der Waals surface area (Å²) in [5, 5.41) is 0.299. The number of rotatable bonds is 2. The summed E-state index contributed by atoms with van der Waals surface area (Å²) in [7, 11) is 0. The predicted molar refractivity (Wildman–Crippen MR) is 84.0 cm³/mol. The highest BCUT2D eigenvalue weighted by Gasteiger charge is 2.41. The number of alkyl halides is 2. The van der Waals surface area contributed by atoms with Gasteiger partial charge in [-0.2, -0.15) is 0 Å². The molecule has 126 valence electrons. The molecule has 23 heavy (non-hydrogen) atoms. The number of hydrogen-bond acceptors (Lipinski definition) is 3. The van der Waals surface area contributed by atoms with Crippen molar-refractivity contribution in [3.05, 3.63) is 28.5 Å². The number of halogens is 3. The topological polar surface area (TPSA) is 36.4 Å². The van der Waals surface area contributed by atoms with E-state index in [1.807, 2.05) is 11.8 Å². The highest BCUT2D eigenvalue weighted by atomic mass is 35.5. The van der Waals surface area contributed by atoms with Crippen molar-refractivity contribution in [3.8, 4) is 0 Å². The van der Waals surface area contributed by atoms with Gasteiger partial charge in [0.2, 0.25) is 0 Å². The van der Waals surface area contributed by atoms with Crippen LogP contribution in [0.1, 0.15) is 35.2 Å². The van der Waals surface area contributed by atoms with Crippen molar-refractivity contribution >= 4 is 17.5 Å². The molecule has 2 fully saturated rings. The molecule has 0 saturated carbocycles. The van der Waals surface area contributed by atoms with E-state index in [0.717, 1.165) is 18.4 Å². The second kappa shape index (κ2) is 6.32. The molecule has 1 aromatic rings. The van der Waals surface area contributed by atoms with Crippen molar-refractivity contribution < 1.29 is 13.6 Å². The average molecular weight is 344 g/mol. The molecule has 0 spiro atoms. The summed E-state index contributed by atoms with van der Waals surface area (Å²) in [4.78, 5) is 20.2. The molecule has 0 aliphatic carbocycles. The smallest absolute Gasteiger partial charge is 0.261 e. The van der Waals surface area contributed by atoms with Crippen molar-refractivity contribution in [2.24, 2.45) is 0 Å². The number of piperidine rings is 1. The van der Waals surface area contributed by atoms with E-state index in [9.17, 15) is 13.6 Å². The van der Waals surface area contributed by atoms with Crippen LogP contribution in [-0.2, 0) is 0 Å². The zero-order valence-corrected chi connectivity index (χ0v) is 13.8. The largest absolute Gasteiger partial charge is 0.339 e. The summed E-state index contributed by atoms with van der Waals surface area (Å²) in [6, 6.07) is 1.74. The summed E-state index contributed by atoms with van der Waals surface area (Å²) < 4.78 is 26.7. The quantitative estimate of drug-likeness (QED) is 0.775. The SMILES string of the molecule is Cc1cnc(Cl)cc1C(=O)N1CCC(N2CCC(F)(F)C2)CC1. The molecular formula is C16H20ClF2N3O. The Bertz CT molecular complexity index is 603. The van der Waals surface area contributed by atoms with Gasteiger partial charge in [0.15, 0.2) is 0 Å². The molecule has 0 radical (unpaired) electrons. The Kier molecular flexibility index (Phi) is 4.56. The van der Waals surface area contributed by atoms with E-state index in [1.54, 1.807) is 17.2 Å². The van der Waals surface area contributed by atoms with E-state index >= 15 is 0 Å². The Morgan fingerprint density at radius 2 is 2.04 bits per heavy atom. The molecule has 2 aliphatic heterocycles. The normalized spacial score (nSPS) is 22.5. The molecule has 0 N–H and O–H groups in total. The van der Waals surface area contributed by atoms with Gasteiger partial charge in [-0.05, 0) is 31.4 Å². The first-order valence-electron chi connectivity index (χ1n) is 7.89. The van der Waals surface area contributed by atoms with Crippen LogP contribution in [0.4, 0.5) is 8.78 Å². The molecule has 0 atom stereocenters. The molecular weight excluding hydrogens is 324 g/mol. The molecule has 1 amide bonds. The fourth-order valence-corrected chi connectivity index (χ4v) is 3.57. The van der Waals surface area contributed by atoms with Gasteiger partial charge in [-0.25, -0.2) is 13.8 Å². The summed E-state index contributed by atoms with van der Waals surface area (Å²) in [6.45, 7) is 3.31. The molecule has 7 heteroatoms. The minimum Gasteiger partial charge on any atom is -0.339 e. The first kappa shape index (κ1) is 16.6. The Balaban J connectivity index is 1.61. The van der Waals surface area contributed by atoms with Crippen LogP contribution in [0.2, 0.25) is 5.15 Å². The maximum Gasteiger partial charge on any atom is 0.261 e. The number of nitrogens with zero attached hydrogens (tertiary/aromatic N) is 3. The Morgan fingerprint density at radius 1 is 1.35 bits per heavy atom. The van der Waals surface area contributed by atoms with Gasteiger partial charge in [-0.1, -0.05) is 11.6 Å². The van der Waals surface area contributed by atoms with Gasteiger partial charge in [-0.3, -0.25) is 9.69 Å². The third kappa shape index (κ3) is 3.63. The van der Waals surface area contributed by atoms with Gasteiger partial charge in [0, 0.05) is 43.9 Å². The molecule has 4 nitrogen and oxygen atoms in total. The number of aryl methyl sites for hydroxylation is 1. The molecule has 0 unspecified atom stereocenters. The van der Waals surface area contributed by atoms with Gasteiger partial charge in [0.25, 0.3) is 11.8 Å². The third-order valence-corrected chi connectivity index (χ3v) is 4.97. The van der Waals surface area contributed by atoms with Crippen LogP contribution >= 0.6 is 11.6 Å². The van der Waals surface area contributed by atoms with Crippen molar-refractivity contribution in [3.63, 3.8) is 0 Å². The average Bonchev–Trinajstić information content (AvgIpc) is 2.89. The highest BCUT2D eigenvalue weighted by Crippen LogP contribution is 2.31. The second-order valence-corrected chi connectivity index (χ2v) is 6.81. The van der Waals surface area contributed by atoms with Crippen LogP contribution in [0, 0.1) is 6.92 Å². The highest BCUT2D eigenvalue weighted by molar-refractivity contribution is 6.29. The van der Waals surface area contributed by atoms with Crippen molar-refractivity contribution in [1.82, 2.24) is 14.8 Å². The molecule has 2 saturated heterocycles. The van der Waals surface area contributed by atoms with Crippen LogP contribution in [0.5, 0.6) is 0 Å².